The molecule has 0 spiro atoms. The third-order valence-electron chi connectivity index (χ3n) is 2.78. The second kappa shape index (κ2) is 7.54. The number of benzene rings is 1. The Labute approximate surface area is 127 Å². The van der Waals surface area contributed by atoms with Crippen molar-refractivity contribution >= 4 is 23.7 Å². The van der Waals surface area contributed by atoms with Crippen molar-refractivity contribution in [3.63, 3.8) is 0 Å². The summed E-state index contributed by atoms with van der Waals surface area (Å²) in [5.74, 6) is 0.985. The smallest absolute Gasteiger partial charge is 0.321 e. The molecule has 110 valence electrons. The number of hydrogen-bond donors (Lipinski definition) is 2. The van der Waals surface area contributed by atoms with Crippen LogP contribution in [0, 0.1) is 0 Å². The van der Waals surface area contributed by atoms with Gasteiger partial charge in [-0.05, 0) is 17.7 Å². The number of nitrogens with one attached hydrogen (secondary N) is 2. The van der Waals surface area contributed by atoms with Crippen LogP contribution in [-0.4, -0.2) is 19.0 Å². The Balaban J connectivity index is 2.10. The summed E-state index contributed by atoms with van der Waals surface area (Å²) in [6.07, 6.45) is 1.60. The predicted octanol–water partition coefficient (Wildman–Crippen LogP) is 2.71. The van der Waals surface area contributed by atoms with Gasteiger partial charge >= 0.3 is 6.03 Å². The zero-order valence-electron chi connectivity index (χ0n) is 11.5. The van der Waals surface area contributed by atoms with E-state index in [4.69, 9.17) is 4.42 Å². The molecule has 0 bridgehead atoms. The second-order valence-electron chi connectivity index (χ2n) is 4.25. The normalized spacial score (nSPS) is 11.7. The number of thioether (sulfide) groups is 1. The second-order valence-corrected chi connectivity index (χ2v) is 5.34. The third kappa shape index (κ3) is 4.39. The molecular formula is C15H16N2O3S. The van der Waals surface area contributed by atoms with E-state index < -0.39 is 11.3 Å². The van der Waals surface area contributed by atoms with Gasteiger partial charge < -0.3 is 9.73 Å². The van der Waals surface area contributed by atoms with Gasteiger partial charge in [-0.1, -0.05) is 30.3 Å². The number of amides is 3. The summed E-state index contributed by atoms with van der Waals surface area (Å²) in [6, 6.07) is 12.5. The summed E-state index contributed by atoms with van der Waals surface area (Å²) in [5.41, 5.74) is 0.843. The van der Waals surface area contributed by atoms with Crippen LogP contribution in [0.15, 0.2) is 53.1 Å². The molecule has 0 aliphatic heterocycles. The van der Waals surface area contributed by atoms with Gasteiger partial charge in [0, 0.05) is 7.05 Å². The molecule has 1 heterocycles. The van der Waals surface area contributed by atoms with Gasteiger partial charge in [0.15, 0.2) is 0 Å². The maximum Gasteiger partial charge on any atom is 0.321 e. The molecule has 1 atom stereocenters. The van der Waals surface area contributed by atoms with E-state index >= 15 is 0 Å². The molecule has 21 heavy (non-hydrogen) atoms. The Hall–Kier alpha value is -2.21. The number of urea groups is 1. The van der Waals surface area contributed by atoms with Gasteiger partial charge in [0.05, 0.1) is 12.0 Å². The predicted molar refractivity (Wildman–Crippen MR) is 81.8 cm³/mol. The highest BCUT2D eigenvalue weighted by Gasteiger charge is 2.23. The molecule has 3 amide bonds. The van der Waals surface area contributed by atoms with Crippen molar-refractivity contribution < 1.29 is 14.0 Å². The molecule has 6 heteroatoms. The molecule has 0 unspecified atom stereocenters. The minimum atomic E-state index is -0.514. The first-order chi connectivity index (χ1) is 10.2. The quantitative estimate of drug-likeness (QED) is 0.891. The lowest BCUT2D eigenvalue weighted by molar-refractivity contribution is -0.119. The standard InChI is InChI=1S/C15H16N2O3S/c1-16-15(19)17-14(18)13(11-6-3-2-4-7-11)21-10-12-8-5-9-20-12/h2-9,13H,10H2,1H3,(H2,16,17,18,19)/t13-/m1/s1. The van der Waals surface area contributed by atoms with Crippen molar-refractivity contribution in [2.24, 2.45) is 0 Å². The lowest BCUT2D eigenvalue weighted by Gasteiger charge is -2.15. The molecule has 0 radical (unpaired) electrons. The average molecular weight is 304 g/mol. The molecule has 2 aromatic rings. The highest BCUT2D eigenvalue weighted by Crippen LogP contribution is 2.31. The largest absolute Gasteiger partial charge is 0.468 e. The minimum Gasteiger partial charge on any atom is -0.468 e. The first kappa shape index (κ1) is 15.2. The monoisotopic (exact) mass is 304 g/mol. The van der Waals surface area contributed by atoms with Gasteiger partial charge in [0.2, 0.25) is 5.91 Å². The van der Waals surface area contributed by atoms with Crippen molar-refractivity contribution in [1.82, 2.24) is 10.6 Å². The Morgan fingerprint density at radius 2 is 1.95 bits per heavy atom. The van der Waals surface area contributed by atoms with Crippen LogP contribution < -0.4 is 10.6 Å². The number of carbonyl (C=O) groups excluding carboxylic acids is 2. The van der Waals surface area contributed by atoms with Crippen LogP contribution in [-0.2, 0) is 10.5 Å². The fraction of sp³-hybridized carbons (Fsp3) is 0.200. The molecule has 0 fully saturated rings. The zero-order chi connectivity index (χ0) is 15.1. The maximum absolute atomic E-state index is 12.2. The van der Waals surface area contributed by atoms with Gasteiger partial charge in [-0.2, -0.15) is 0 Å². The third-order valence-corrected chi connectivity index (χ3v) is 4.05. The van der Waals surface area contributed by atoms with Crippen LogP contribution >= 0.6 is 11.8 Å². The Kier molecular flexibility index (Phi) is 5.45. The average Bonchev–Trinajstić information content (AvgIpc) is 3.01. The highest BCUT2D eigenvalue weighted by atomic mass is 32.2. The Bertz CT molecular complexity index is 584. The number of carbonyl (C=O) groups is 2. The van der Waals surface area contributed by atoms with Gasteiger partial charge in [-0.25, -0.2) is 4.79 Å². The molecule has 0 saturated carbocycles. The number of hydrogen-bond acceptors (Lipinski definition) is 4. The first-order valence-electron chi connectivity index (χ1n) is 6.42. The molecule has 2 rings (SSSR count). The molecule has 0 aliphatic rings. The van der Waals surface area contributed by atoms with Crippen LogP contribution in [0.3, 0.4) is 0 Å². The summed E-state index contributed by atoms with van der Waals surface area (Å²) in [6.45, 7) is 0. The van der Waals surface area contributed by atoms with Crippen LogP contribution in [0.5, 0.6) is 0 Å². The maximum atomic E-state index is 12.2. The zero-order valence-corrected chi connectivity index (χ0v) is 12.4. The summed E-state index contributed by atoms with van der Waals surface area (Å²) in [7, 11) is 1.47. The summed E-state index contributed by atoms with van der Waals surface area (Å²) < 4.78 is 5.27. The molecule has 0 saturated heterocycles. The van der Waals surface area contributed by atoms with E-state index in [9.17, 15) is 9.59 Å². The summed E-state index contributed by atoms with van der Waals surface area (Å²) in [5, 5.41) is 4.21. The van der Waals surface area contributed by atoms with Crippen molar-refractivity contribution in [1.29, 1.82) is 0 Å². The van der Waals surface area contributed by atoms with E-state index in [2.05, 4.69) is 10.6 Å². The topological polar surface area (TPSA) is 71.3 Å². The van der Waals surface area contributed by atoms with Gasteiger partial charge in [0.1, 0.15) is 11.0 Å². The van der Waals surface area contributed by atoms with E-state index in [1.165, 1.54) is 18.8 Å². The van der Waals surface area contributed by atoms with Crippen LogP contribution in [0.1, 0.15) is 16.6 Å². The Morgan fingerprint density at radius 1 is 1.19 bits per heavy atom. The molecular weight excluding hydrogens is 288 g/mol. The van der Waals surface area contributed by atoms with Gasteiger partial charge in [-0.15, -0.1) is 11.8 Å². The summed E-state index contributed by atoms with van der Waals surface area (Å²) in [4.78, 5) is 23.6. The van der Waals surface area contributed by atoms with E-state index in [0.717, 1.165) is 11.3 Å². The van der Waals surface area contributed by atoms with E-state index in [1.54, 1.807) is 12.3 Å². The highest BCUT2D eigenvalue weighted by molar-refractivity contribution is 7.99. The van der Waals surface area contributed by atoms with E-state index in [-0.39, 0.29) is 5.91 Å². The van der Waals surface area contributed by atoms with Crippen molar-refractivity contribution in [3.8, 4) is 0 Å². The molecule has 1 aromatic heterocycles. The van der Waals surface area contributed by atoms with Crippen molar-refractivity contribution in [2.45, 2.75) is 11.0 Å². The lowest BCUT2D eigenvalue weighted by atomic mass is 10.1. The molecule has 1 aromatic carbocycles. The van der Waals surface area contributed by atoms with Crippen LogP contribution in [0.4, 0.5) is 4.79 Å². The fourth-order valence-corrected chi connectivity index (χ4v) is 2.81. The van der Waals surface area contributed by atoms with Crippen molar-refractivity contribution in [3.05, 3.63) is 60.1 Å². The molecule has 2 N–H and O–H groups in total. The van der Waals surface area contributed by atoms with Crippen LogP contribution in [0.25, 0.3) is 0 Å². The first-order valence-corrected chi connectivity index (χ1v) is 7.47. The van der Waals surface area contributed by atoms with Gasteiger partial charge in [0.25, 0.3) is 0 Å². The minimum absolute atomic E-state index is 0.350. The summed E-state index contributed by atoms with van der Waals surface area (Å²) >= 11 is 1.41. The van der Waals surface area contributed by atoms with E-state index in [0.29, 0.717) is 5.75 Å². The number of rotatable bonds is 5. The van der Waals surface area contributed by atoms with E-state index in [1.807, 2.05) is 36.4 Å². The molecule has 0 aliphatic carbocycles. The SMILES string of the molecule is CNC(=O)NC(=O)[C@H](SCc1ccco1)c1ccccc1. The lowest BCUT2D eigenvalue weighted by Crippen LogP contribution is -2.39. The van der Waals surface area contributed by atoms with Crippen LogP contribution in [0.2, 0.25) is 0 Å². The Morgan fingerprint density at radius 3 is 2.57 bits per heavy atom. The number of imide groups is 1. The van der Waals surface area contributed by atoms with Gasteiger partial charge in [-0.3, -0.25) is 10.1 Å². The van der Waals surface area contributed by atoms with Crippen molar-refractivity contribution in [2.75, 3.05) is 7.05 Å². The fourth-order valence-electron chi connectivity index (χ4n) is 1.75. The number of furan rings is 1. The molecule has 5 nitrogen and oxygen atoms in total.